The van der Waals surface area contributed by atoms with Crippen LogP contribution in [-0.4, -0.2) is 63.8 Å². The lowest BCUT2D eigenvalue weighted by Gasteiger charge is -2.44. The number of aromatic nitrogens is 2. The van der Waals surface area contributed by atoms with Crippen LogP contribution < -0.4 is 5.32 Å². The van der Waals surface area contributed by atoms with Crippen LogP contribution in [-0.2, 0) is 20.9 Å². The fraction of sp³-hybridized carbons (Fsp3) is 0.524. The Labute approximate surface area is 187 Å². The summed E-state index contributed by atoms with van der Waals surface area (Å²) in [5, 5.41) is 10.0. The number of carboxylic acids is 1. The van der Waals surface area contributed by atoms with Crippen molar-refractivity contribution in [2.24, 2.45) is 11.8 Å². The highest BCUT2D eigenvalue weighted by molar-refractivity contribution is 5.91. The number of hydrogen-bond acceptors (Lipinski definition) is 7. The lowest BCUT2D eigenvalue weighted by atomic mass is 9.79. The van der Waals surface area contributed by atoms with E-state index >= 15 is 0 Å². The molecule has 0 bridgehead atoms. The first-order chi connectivity index (χ1) is 15.6. The number of aliphatic carboxylic acids is 1. The quantitative estimate of drug-likeness (QED) is 0.701. The van der Waals surface area contributed by atoms with Crippen LogP contribution in [0.1, 0.15) is 24.4 Å². The lowest BCUT2D eigenvalue weighted by molar-refractivity contribution is -0.192. The Bertz CT molecular complexity index is 937. The number of rotatable bonds is 4. The lowest BCUT2D eigenvalue weighted by Crippen LogP contribution is -2.52. The molecule has 2 aliphatic heterocycles. The van der Waals surface area contributed by atoms with Gasteiger partial charge in [0.25, 0.3) is 0 Å². The Hall–Kier alpha value is -2.99. The summed E-state index contributed by atoms with van der Waals surface area (Å²) in [6.45, 7) is 5.16. The van der Waals surface area contributed by atoms with Crippen molar-refractivity contribution >= 4 is 17.7 Å². The molecule has 0 unspecified atom stereocenters. The Morgan fingerprint density at radius 3 is 2.64 bits per heavy atom. The number of fused-ring (bicyclic) bond motifs is 1. The van der Waals surface area contributed by atoms with Gasteiger partial charge in [-0.2, -0.15) is 13.2 Å². The van der Waals surface area contributed by atoms with Crippen molar-refractivity contribution in [3.63, 3.8) is 0 Å². The summed E-state index contributed by atoms with van der Waals surface area (Å²) in [4.78, 5) is 32.2. The van der Waals surface area contributed by atoms with Crippen LogP contribution in [0.25, 0.3) is 0 Å². The number of nitrogens with one attached hydrogen (secondary N) is 1. The van der Waals surface area contributed by atoms with Gasteiger partial charge >= 0.3 is 12.1 Å². The third kappa shape index (κ3) is 6.99. The molecular formula is C21H25F3N4O5. The van der Waals surface area contributed by atoms with Gasteiger partial charge in [-0.15, -0.1) is 0 Å². The number of aryl methyl sites for hydroxylation is 1. The molecule has 0 spiro atoms. The highest BCUT2D eigenvalue weighted by atomic mass is 19.4. The minimum atomic E-state index is -5.08. The third-order valence-electron chi connectivity index (χ3n) is 5.52. The zero-order valence-corrected chi connectivity index (χ0v) is 17.9. The molecule has 12 heteroatoms. The summed E-state index contributed by atoms with van der Waals surface area (Å²) in [7, 11) is 0. The number of piperidine rings is 1. The number of anilines is 1. The van der Waals surface area contributed by atoms with Crippen LogP contribution in [0.5, 0.6) is 0 Å². The molecule has 4 heterocycles. The summed E-state index contributed by atoms with van der Waals surface area (Å²) < 4.78 is 43.4. The number of carboxylic acid groups (broad SMARTS) is 1. The first-order valence-electron chi connectivity index (χ1n) is 10.4. The summed E-state index contributed by atoms with van der Waals surface area (Å²) in [5.41, 5.74) is 0. The summed E-state index contributed by atoms with van der Waals surface area (Å²) in [5.74, 6) is -0.233. The van der Waals surface area contributed by atoms with Crippen molar-refractivity contribution in [1.29, 1.82) is 0 Å². The first-order valence-corrected chi connectivity index (χ1v) is 10.4. The monoisotopic (exact) mass is 470 g/mol. The van der Waals surface area contributed by atoms with Gasteiger partial charge in [-0.3, -0.25) is 14.7 Å². The molecular weight excluding hydrogens is 445 g/mol. The van der Waals surface area contributed by atoms with E-state index in [0.717, 1.165) is 44.0 Å². The van der Waals surface area contributed by atoms with Crippen molar-refractivity contribution in [1.82, 2.24) is 14.9 Å². The molecule has 1 amide bonds. The van der Waals surface area contributed by atoms with Gasteiger partial charge in [0.1, 0.15) is 11.5 Å². The molecule has 4 rings (SSSR count). The molecule has 2 saturated heterocycles. The molecule has 2 aliphatic rings. The predicted octanol–water partition coefficient (Wildman–Crippen LogP) is 2.88. The number of hydrogen-bond donors (Lipinski definition) is 2. The molecule has 9 nitrogen and oxygen atoms in total. The summed E-state index contributed by atoms with van der Waals surface area (Å²) >= 11 is 0. The van der Waals surface area contributed by atoms with Gasteiger partial charge in [0.05, 0.1) is 18.8 Å². The fourth-order valence-electron chi connectivity index (χ4n) is 4.03. The van der Waals surface area contributed by atoms with Crippen LogP contribution in [0.15, 0.2) is 35.1 Å². The van der Waals surface area contributed by atoms with Crippen molar-refractivity contribution in [2.45, 2.75) is 38.6 Å². The van der Waals surface area contributed by atoms with Crippen LogP contribution in [0.4, 0.5) is 19.0 Å². The second-order valence-corrected chi connectivity index (χ2v) is 7.89. The van der Waals surface area contributed by atoms with E-state index in [1.54, 1.807) is 18.6 Å². The second kappa shape index (κ2) is 10.8. The van der Waals surface area contributed by atoms with Crippen molar-refractivity contribution in [3.8, 4) is 0 Å². The van der Waals surface area contributed by atoms with Crippen LogP contribution in [0.3, 0.4) is 0 Å². The standard InChI is InChI=1S/C19H24N4O3.C2HF3O2/c1-13-2-3-14(26-13)11-23-8-4-17-16(12-23)15(5-9-25-17)19(24)22-18-10-20-6-7-21-18;3-2(4,5)1(6)7/h2-3,6-7,10,15-17H,4-5,8-9,11-12H2,1H3,(H,21,22,24);(H,6,7)/t15-,16+,17-;/m1./s1. The molecule has 180 valence electrons. The molecule has 2 aromatic rings. The van der Waals surface area contributed by atoms with Crippen molar-refractivity contribution in [3.05, 3.63) is 42.2 Å². The molecule has 0 aromatic carbocycles. The number of carbonyl (C=O) groups excluding carboxylic acids is 1. The highest BCUT2D eigenvalue weighted by Crippen LogP contribution is 2.34. The van der Waals surface area contributed by atoms with E-state index in [2.05, 4.69) is 20.2 Å². The zero-order valence-electron chi connectivity index (χ0n) is 17.9. The maximum absolute atomic E-state index is 12.8. The summed E-state index contributed by atoms with van der Waals surface area (Å²) in [6, 6.07) is 4.01. The van der Waals surface area contributed by atoms with E-state index in [1.807, 2.05) is 19.1 Å². The Balaban J connectivity index is 0.000000383. The number of halogens is 3. The van der Waals surface area contributed by atoms with E-state index in [0.29, 0.717) is 12.4 Å². The van der Waals surface area contributed by atoms with E-state index < -0.39 is 12.1 Å². The number of carbonyl (C=O) groups is 2. The minimum absolute atomic E-state index is 0.0134. The van der Waals surface area contributed by atoms with Gasteiger partial charge < -0.3 is 19.6 Å². The number of alkyl halides is 3. The van der Waals surface area contributed by atoms with Crippen LogP contribution >= 0.6 is 0 Å². The number of likely N-dealkylation sites (tertiary alicyclic amines) is 1. The smallest absolute Gasteiger partial charge is 0.475 e. The van der Waals surface area contributed by atoms with Crippen molar-refractivity contribution < 1.29 is 37.0 Å². The minimum Gasteiger partial charge on any atom is -0.475 e. The first kappa shape index (κ1) is 24.6. The van der Waals surface area contributed by atoms with Gasteiger partial charge in [0.15, 0.2) is 5.82 Å². The predicted molar refractivity (Wildman–Crippen MR) is 109 cm³/mol. The molecule has 2 fully saturated rings. The van der Waals surface area contributed by atoms with Crippen molar-refractivity contribution in [2.75, 3.05) is 25.0 Å². The zero-order chi connectivity index (χ0) is 24.0. The molecule has 33 heavy (non-hydrogen) atoms. The van der Waals surface area contributed by atoms with Crippen LogP contribution in [0, 0.1) is 18.8 Å². The maximum Gasteiger partial charge on any atom is 0.490 e. The Morgan fingerprint density at radius 2 is 2.03 bits per heavy atom. The number of amides is 1. The molecule has 3 atom stereocenters. The molecule has 2 N–H and O–H groups in total. The van der Waals surface area contributed by atoms with E-state index in [1.165, 1.54) is 0 Å². The number of nitrogens with zero attached hydrogens (tertiary/aromatic N) is 3. The average Bonchev–Trinajstić information content (AvgIpc) is 3.18. The summed E-state index contributed by atoms with van der Waals surface area (Å²) in [6.07, 6.45) is 1.49. The molecule has 0 radical (unpaired) electrons. The molecule has 0 aliphatic carbocycles. The largest absolute Gasteiger partial charge is 0.490 e. The SMILES string of the molecule is Cc1ccc(CN2CC[C@H]3OCC[C@@H](C(=O)Nc4cnccn4)[C@@H]3C2)o1.O=C(O)C(F)(F)F. The highest BCUT2D eigenvalue weighted by Gasteiger charge is 2.42. The molecule has 2 aromatic heterocycles. The number of ether oxygens (including phenoxy) is 1. The van der Waals surface area contributed by atoms with Gasteiger partial charge in [-0.05, 0) is 31.9 Å². The van der Waals surface area contributed by atoms with E-state index in [-0.39, 0.29) is 23.8 Å². The van der Waals surface area contributed by atoms with E-state index in [9.17, 15) is 18.0 Å². The Kier molecular flexibility index (Phi) is 8.03. The molecule has 0 saturated carbocycles. The average molecular weight is 470 g/mol. The van der Waals surface area contributed by atoms with Gasteiger partial charge in [0, 0.05) is 43.9 Å². The topological polar surface area (TPSA) is 118 Å². The Morgan fingerprint density at radius 1 is 1.27 bits per heavy atom. The fourth-order valence-corrected chi connectivity index (χ4v) is 4.03. The maximum atomic E-state index is 12.8. The second-order valence-electron chi connectivity index (χ2n) is 7.89. The number of furan rings is 1. The normalized spacial score (nSPS) is 23.1. The third-order valence-corrected chi connectivity index (χ3v) is 5.52. The van der Waals surface area contributed by atoms with E-state index in [4.69, 9.17) is 19.1 Å². The van der Waals surface area contributed by atoms with Gasteiger partial charge in [-0.1, -0.05) is 0 Å². The van der Waals surface area contributed by atoms with Gasteiger partial charge in [0.2, 0.25) is 5.91 Å². The van der Waals surface area contributed by atoms with Crippen LogP contribution in [0.2, 0.25) is 0 Å². The van der Waals surface area contributed by atoms with Gasteiger partial charge in [-0.25, -0.2) is 9.78 Å².